The van der Waals surface area contributed by atoms with Gasteiger partial charge < -0.3 is 11.1 Å². The molecule has 1 aromatic carbocycles. The van der Waals surface area contributed by atoms with Crippen LogP contribution in [0.15, 0.2) is 30.3 Å². The average Bonchev–Trinajstić information content (AvgIpc) is 2.44. The first kappa shape index (κ1) is 17.1. The van der Waals surface area contributed by atoms with Crippen molar-refractivity contribution in [1.82, 2.24) is 5.32 Å². The summed E-state index contributed by atoms with van der Waals surface area (Å²) in [5, 5.41) is 3.10. The summed E-state index contributed by atoms with van der Waals surface area (Å²) in [6.45, 7) is 4.32. The minimum atomic E-state index is -0.416. The smallest absolute Gasteiger partial charge is 0.237 e. The van der Waals surface area contributed by atoms with E-state index in [-0.39, 0.29) is 11.9 Å². The lowest BCUT2D eigenvalue weighted by Crippen LogP contribution is -2.42. The third-order valence-electron chi connectivity index (χ3n) is 3.20. The number of nitrogens with two attached hydrogens (primary N) is 1. The second-order valence-electron chi connectivity index (χ2n) is 5.49. The van der Waals surface area contributed by atoms with Crippen molar-refractivity contribution in [3.05, 3.63) is 35.9 Å². The molecule has 0 bridgehead atoms. The fourth-order valence-corrected chi connectivity index (χ4v) is 2.58. The molecule has 0 fully saturated rings. The second-order valence-corrected chi connectivity index (χ2v) is 6.47. The zero-order valence-corrected chi connectivity index (χ0v) is 13.5. The molecule has 3 nitrogen and oxygen atoms in total. The summed E-state index contributed by atoms with van der Waals surface area (Å²) in [6.07, 6.45) is 3.66. The molecule has 1 amide bonds. The lowest BCUT2D eigenvalue weighted by molar-refractivity contribution is -0.123. The Labute approximate surface area is 126 Å². The summed E-state index contributed by atoms with van der Waals surface area (Å²) in [6, 6.07) is 9.74. The third-order valence-corrected chi connectivity index (χ3v) is 3.84. The summed E-state index contributed by atoms with van der Waals surface area (Å²) in [5.41, 5.74) is 7.08. The molecule has 0 aliphatic heterocycles. The van der Waals surface area contributed by atoms with E-state index in [1.165, 1.54) is 0 Å². The Morgan fingerprint density at radius 3 is 2.50 bits per heavy atom. The highest BCUT2D eigenvalue weighted by Gasteiger charge is 2.19. The van der Waals surface area contributed by atoms with Crippen molar-refractivity contribution in [2.45, 2.75) is 38.8 Å². The van der Waals surface area contributed by atoms with E-state index in [0.717, 1.165) is 24.2 Å². The first-order valence-electron chi connectivity index (χ1n) is 7.14. The molecule has 2 atom stereocenters. The van der Waals surface area contributed by atoms with E-state index in [4.69, 9.17) is 5.73 Å². The highest BCUT2D eigenvalue weighted by Crippen LogP contribution is 2.21. The minimum absolute atomic E-state index is 0.0454. The van der Waals surface area contributed by atoms with Crippen molar-refractivity contribution in [3.63, 3.8) is 0 Å². The van der Waals surface area contributed by atoms with Crippen molar-refractivity contribution in [2.75, 3.05) is 12.0 Å². The van der Waals surface area contributed by atoms with Gasteiger partial charge in [0.1, 0.15) is 0 Å². The number of carbonyl (C=O) groups excluding carboxylic acids is 1. The minimum Gasteiger partial charge on any atom is -0.348 e. The molecule has 4 heteroatoms. The Hall–Kier alpha value is -1.00. The van der Waals surface area contributed by atoms with Crippen molar-refractivity contribution < 1.29 is 4.79 Å². The molecule has 0 aliphatic carbocycles. The van der Waals surface area contributed by atoms with Crippen LogP contribution in [0.3, 0.4) is 0 Å². The Morgan fingerprint density at radius 1 is 1.30 bits per heavy atom. The summed E-state index contributed by atoms with van der Waals surface area (Å²) in [7, 11) is 0. The number of thioether (sulfide) groups is 1. The van der Waals surface area contributed by atoms with Crippen LogP contribution in [-0.2, 0) is 4.79 Å². The fraction of sp³-hybridized carbons (Fsp3) is 0.562. The van der Waals surface area contributed by atoms with Gasteiger partial charge in [-0.1, -0.05) is 44.2 Å². The van der Waals surface area contributed by atoms with E-state index in [1.54, 1.807) is 11.8 Å². The largest absolute Gasteiger partial charge is 0.348 e. The van der Waals surface area contributed by atoms with Crippen LogP contribution in [0.25, 0.3) is 0 Å². The summed E-state index contributed by atoms with van der Waals surface area (Å²) < 4.78 is 0. The van der Waals surface area contributed by atoms with E-state index in [9.17, 15) is 4.79 Å². The monoisotopic (exact) mass is 294 g/mol. The van der Waals surface area contributed by atoms with Crippen LogP contribution in [0.5, 0.6) is 0 Å². The second kappa shape index (κ2) is 9.03. The Balaban J connectivity index is 2.68. The standard InChI is InChI=1S/C16H26N2OS/c1-12(2)11-15(13-7-5-4-6-8-13)18-16(19)14(17)9-10-20-3/h4-8,12,14-15H,9-11,17H2,1-3H3,(H,18,19)/t14-,15?/m0/s1. The Kier molecular flexibility index (Phi) is 7.70. The number of rotatable bonds is 8. The Bertz CT molecular complexity index is 395. The van der Waals surface area contributed by atoms with E-state index >= 15 is 0 Å². The predicted octanol–water partition coefficient (Wildman–Crippen LogP) is 2.97. The maximum Gasteiger partial charge on any atom is 0.237 e. The van der Waals surface area contributed by atoms with Gasteiger partial charge in [-0.2, -0.15) is 11.8 Å². The van der Waals surface area contributed by atoms with Gasteiger partial charge in [-0.05, 0) is 36.3 Å². The van der Waals surface area contributed by atoms with Gasteiger partial charge in [-0.25, -0.2) is 0 Å². The van der Waals surface area contributed by atoms with Gasteiger partial charge in [0, 0.05) is 0 Å². The van der Waals surface area contributed by atoms with E-state index in [2.05, 4.69) is 31.3 Å². The summed E-state index contributed by atoms with van der Waals surface area (Å²) in [5.74, 6) is 1.38. The van der Waals surface area contributed by atoms with Gasteiger partial charge >= 0.3 is 0 Å². The van der Waals surface area contributed by atoms with Crippen molar-refractivity contribution in [2.24, 2.45) is 11.7 Å². The van der Waals surface area contributed by atoms with Crippen molar-refractivity contribution in [3.8, 4) is 0 Å². The van der Waals surface area contributed by atoms with Crippen LogP contribution in [0.4, 0.5) is 0 Å². The number of hydrogen-bond acceptors (Lipinski definition) is 3. The molecule has 1 rings (SSSR count). The molecule has 1 aromatic rings. The molecular formula is C16H26N2OS. The van der Waals surface area contributed by atoms with Gasteiger partial charge in [-0.3, -0.25) is 4.79 Å². The molecule has 0 aromatic heterocycles. The molecule has 0 aliphatic rings. The summed E-state index contributed by atoms with van der Waals surface area (Å²) in [4.78, 5) is 12.2. The SMILES string of the molecule is CSCC[C@H](N)C(=O)NC(CC(C)C)c1ccccc1. The summed E-state index contributed by atoms with van der Waals surface area (Å²) >= 11 is 1.71. The van der Waals surface area contributed by atoms with Crippen molar-refractivity contribution in [1.29, 1.82) is 0 Å². The molecular weight excluding hydrogens is 268 g/mol. The zero-order valence-electron chi connectivity index (χ0n) is 12.6. The van der Waals surface area contributed by atoms with Gasteiger partial charge in [0.15, 0.2) is 0 Å². The van der Waals surface area contributed by atoms with Gasteiger partial charge in [-0.15, -0.1) is 0 Å². The fourth-order valence-electron chi connectivity index (χ4n) is 2.09. The molecule has 0 saturated carbocycles. The molecule has 0 heterocycles. The molecule has 112 valence electrons. The van der Waals surface area contributed by atoms with E-state index < -0.39 is 6.04 Å². The molecule has 3 N–H and O–H groups in total. The first-order valence-corrected chi connectivity index (χ1v) is 8.53. The molecule has 0 spiro atoms. The molecule has 20 heavy (non-hydrogen) atoms. The maximum atomic E-state index is 12.2. The Morgan fingerprint density at radius 2 is 1.95 bits per heavy atom. The van der Waals surface area contributed by atoms with Crippen LogP contribution < -0.4 is 11.1 Å². The number of nitrogens with one attached hydrogen (secondary N) is 1. The zero-order chi connectivity index (χ0) is 15.0. The van der Waals surface area contributed by atoms with Crippen LogP contribution in [0, 0.1) is 5.92 Å². The van der Waals surface area contributed by atoms with Crippen LogP contribution in [-0.4, -0.2) is 24.0 Å². The molecule has 1 unspecified atom stereocenters. The lowest BCUT2D eigenvalue weighted by atomic mass is 9.96. The first-order chi connectivity index (χ1) is 9.54. The van der Waals surface area contributed by atoms with Crippen LogP contribution >= 0.6 is 11.8 Å². The van der Waals surface area contributed by atoms with Gasteiger partial charge in [0.2, 0.25) is 5.91 Å². The van der Waals surface area contributed by atoms with Gasteiger partial charge in [0.05, 0.1) is 12.1 Å². The van der Waals surface area contributed by atoms with E-state index in [0.29, 0.717) is 5.92 Å². The quantitative estimate of drug-likeness (QED) is 0.775. The predicted molar refractivity (Wildman–Crippen MR) is 87.8 cm³/mol. The van der Waals surface area contributed by atoms with E-state index in [1.807, 2.05) is 24.5 Å². The highest BCUT2D eigenvalue weighted by molar-refractivity contribution is 7.98. The number of amides is 1. The molecule has 0 saturated heterocycles. The number of carbonyl (C=O) groups is 1. The van der Waals surface area contributed by atoms with Crippen LogP contribution in [0.1, 0.15) is 38.3 Å². The normalized spacial score (nSPS) is 14.1. The average molecular weight is 294 g/mol. The third kappa shape index (κ3) is 5.97. The maximum absolute atomic E-state index is 12.2. The van der Waals surface area contributed by atoms with Crippen molar-refractivity contribution >= 4 is 17.7 Å². The van der Waals surface area contributed by atoms with Crippen LogP contribution in [0.2, 0.25) is 0 Å². The highest BCUT2D eigenvalue weighted by atomic mass is 32.2. The number of hydrogen-bond donors (Lipinski definition) is 2. The lowest BCUT2D eigenvalue weighted by Gasteiger charge is -2.23. The van der Waals surface area contributed by atoms with Gasteiger partial charge in [0.25, 0.3) is 0 Å². The molecule has 0 radical (unpaired) electrons. The number of benzene rings is 1. The topological polar surface area (TPSA) is 55.1 Å².